The average molecular weight is 242 g/mol. The van der Waals surface area contributed by atoms with Crippen molar-refractivity contribution in [2.24, 2.45) is 0 Å². The zero-order valence-corrected chi connectivity index (χ0v) is 11.3. The van der Waals surface area contributed by atoms with Crippen molar-refractivity contribution in [3.05, 3.63) is 54.6 Å². The molecule has 0 aliphatic carbocycles. The second-order valence-corrected chi connectivity index (χ2v) is 5.51. The summed E-state index contributed by atoms with van der Waals surface area (Å²) in [6.07, 6.45) is 9.46. The third-order valence-electron chi connectivity index (χ3n) is 3.58. The largest absolute Gasteiger partial charge is 0.337 e. The molecular formula is C16H22N2. The molecule has 2 nitrogen and oxygen atoms in total. The van der Waals surface area contributed by atoms with E-state index < -0.39 is 0 Å². The molecule has 0 aliphatic rings. The number of rotatable bonds is 6. The summed E-state index contributed by atoms with van der Waals surface area (Å²) in [6, 6.07) is 10.8. The Bertz CT molecular complexity index is 443. The standard InChI is InChI=1S/C16H22N2/c1-16(2,15-8-4-3-5-9-15)10-6-7-12-18-13-11-17-14-18/h3-5,8-9,11,13-14H,6-7,10,12H2,1-2H3. The molecule has 2 rings (SSSR count). The number of imidazole rings is 1. The Morgan fingerprint density at radius 3 is 2.56 bits per heavy atom. The van der Waals surface area contributed by atoms with Crippen molar-refractivity contribution >= 4 is 0 Å². The van der Waals surface area contributed by atoms with E-state index in [1.807, 2.05) is 18.7 Å². The highest BCUT2D eigenvalue weighted by atomic mass is 15.0. The van der Waals surface area contributed by atoms with Gasteiger partial charge in [0.15, 0.2) is 0 Å². The van der Waals surface area contributed by atoms with E-state index in [1.54, 1.807) is 0 Å². The Morgan fingerprint density at radius 2 is 1.89 bits per heavy atom. The Kier molecular flexibility index (Phi) is 4.19. The summed E-state index contributed by atoms with van der Waals surface area (Å²) in [6.45, 7) is 5.74. The van der Waals surface area contributed by atoms with E-state index >= 15 is 0 Å². The molecule has 0 radical (unpaired) electrons. The maximum atomic E-state index is 4.06. The highest BCUT2D eigenvalue weighted by Crippen LogP contribution is 2.28. The minimum absolute atomic E-state index is 0.274. The van der Waals surface area contributed by atoms with Crippen LogP contribution in [0.5, 0.6) is 0 Å². The fourth-order valence-corrected chi connectivity index (χ4v) is 2.31. The minimum atomic E-state index is 0.274. The topological polar surface area (TPSA) is 17.8 Å². The monoisotopic (exact) mass is 242 g/mol. The molecule has 1 aromatic heterocycles. The van der Waals surface area contributed by atoms with Crippen LogP contribution in [0, 0.1) is 0 Å². The lowest BCUT2D eigenvalue weighted by molar-refractivity contribution is 0.439. The van der Waals surface area contributed by atoms with E-state index in [1.165, 1.54) is 24.8 Å². The van der Waals surface area contributed by atoms with Gasteiger partial charge in [-0.05, 0) is 23.8 Å². The lowest BCUT2D eigenvalue weighted by atomic mass is 9.80. The number of nitrogens with zero attached hydrogens (tertiary/aromatic N) is 2. The molecule has 0 bridgehead atoms. The number of hydrogen-bond acceptors (Lipinski definition) is 1. The zero-order chi connectivity index (χ0) is 12.8. The fourth-order valence-electron chi connectivity index (χ4n) is 2.31. The second-order valence-electron chi connectivity index (χ2n) is 5.51. The average Bonchev–Trinajstić information content (AvgIpc) is 2.89. The van der Waals surface area contributed by atoms with Crippen LogP contribution in [0.4, 0.5) is 0 Å². The van der Waals surface area contributed by atoms with E-state index in [-0.39, 0.29) is 5.41 Å². The van der Waals surface area contributed by atoms with Crippen LogP contribution >= 0.6 is 0 Å². The SMILES string of the molecule is CC(C)(CCCCn1ccnc1)c1ccccc1. The van der Waals surface area contributed by atoms with E-state index in [9.17, 15) is 0 Å². The van der Waals surface area contributed by atoms with Crippen LogP contribution in [-0.2, 0) is 12.0 Å². The molecule has 1 aromatic carbocycles. The van der Waals surface area contributed by atoms with Crippen LogP contribution in [0.25, 0.3) is 0 Å². The number of benzene rings is 1. The summed E-state index contributed by atoms with van der Waals surface area (Å²) in [5, 5.41) is 0. The first-order chi connectivity index (χ1) is 8.68. The molecule has 0 amide bonds. The molecule has 0 saturated carbocycles. The van der Waals surface area contributed by atoms with Crippen LogP contribution < -0.4 is 0 Å². The summed E-state index contributed by atoms with van der Waals surface area (Å²) >= 11 is 0. The predicted octanol–water partition coefficient (Wildman–Crippen LogP) is 4.03. The molecule has 2 heteroatoms. The third kappa shape index (κ3) is 3.46. The van der Waals surface area contributed by atoms with Gasteiger partial charge in [-0.2, -0.15) is 0 Å². The van der Waals surface area contributed by atoms with Gasteiger partial charge in [0.1, 0.15) is 0 Å². The van der Waals surface area contributed by atoms with E-state index in [0.717, 1.165) is 6.54 Å². The fraction of sp³-hybridized carbons (Fsp3) is 0.438. The molecule has 2 aromatic rings. The van der Waals surface area contributed by atoms with Gasteiger partial charge in [0, 0.05) is 18.9 Å². The summed E-state index contributed by atoms with van der Waals surface area (Å²) in [7, 11) is 0. The Labute approximate surface area is 110 Å². The van der Waals surface area contributed by atoms with Crippen molar-refractivity contribution in [2.45, 2.75) is 45.1 Å². The first-order valence-electron chi connectivity index (χ1n) is 6.70. The van der Waals surface area contributed by atoms with Gasteiger partial charge in [0.2, 0.25) is 0 Å². The number of aryl methyl sites for hydroxylation is 1. The molecule has 0 fully saturated rings. The lowest BCUT2D eigenvalue weighted by Gasteiger charge is -2.25. The van der Waals surface area contributed by atoms with Crippen molar-refractivity contribution in [1.82, 2.24) is 9.55 Å². The van der Waals surface area contributed by atoms with Gasteiger partial charge in [0.05, 0.1) is 6.33 Å². The number of unbranched alkanes of at least 4 members (excludes halogenated alkanes) is 1. The maximum Gasteiger partial charge on any atom is 0.0945 e. The zero-order valence-electron chi connectivity index (χ0n) is 11.3. The molecule has 0 aliphatic heterocycles. The molecule has 96 valence electrons. The van der Waals surface area contributed by atoms with Gasteiger partial charge in [-0.3, -0.25) is 0 Å². The van der Waals surface area contributed by atoms with Crippen molar-refractivity contribution in [1.29, 1.82) is 0 Å². The van der Waals surface area contributed by atoms with E-state index in [0.29, 0.717) is 0 Å². The van der Waals surface area contributed by atoms with E-state index in [2.05, 4.69) is 53.7 Å². The van der Waals surface area contributed by atoms with Gasteiger partial charge in [-0.25, -0.2) is 4.98 Å². The third-order valence-corrected chi connectivity index (χ3v) is 3.58. The van der Waals surface area contributed by atoms with Crippen LogP contribution in [0.1, 0.15) is 38.7 Å². The normalized spacial score (nSPS) is 11.7. The van der Waals surface area contributed by atoms with Crippen LogP contribution in [0.2, 0.25) is 0 Å². The summed E-state index contributed by atoms with van der Waals surface area (Å²) in [4.78, 5) is 4.06. The highest BCUT2D eigenvalue weighted by molar-refractivity contribution is 5.23. The molecule has 0 spiro atoms. The first-order valence-corrected chi connectivity index (χ1v) is 6.70. The second kappa shape index (κ2) is 5.85. The van der Waals surface area contributed by atoms with Gasteiger partial charge in [0.25, 0.3) is 0 Å². The summed E-state index contributed by atoms with van der Waals surface area (Å²) in [5.41, 5.74) is 1.71. The van der Waals surface area contributed by atoms with Crippen molar-refractivity contribution < 1.29 is 0 Å². The highest BCUT2D eigenvalue weighted by Gasteiger charge is 2.19. The molecular weight excluding hydrogens is 220 g/mol. The van der Waals surface area contributed by atoms with Crippen LogP contribution in [-0.4, -0.2) is 9.55 Å². The number of aromatic nitrogens is 2. The molecule has 18 heavy (non-hydrogen) atoms. The molecule has 0 saturated heterocycles. The quantitative estimate of drug-likeness (QED) is 0.699. The van der Waals surface area contributed by atoms with Gasteiger partial charge in [-0.1, -0.05) is 50.6 Å². The summed E-state index contributed by atoms with van der Waals surface area (Å²) in [5.74, 6) is 0. The molecule has 1 heterocycles. The van der Waals surface area contributed by atoms with E-state index in [4.69, 9.17) is 0 Å². The Hall–Kier alpha value is -1.57. The van der Waals surface area contributed by atoms with Gasteiger partial charge < -0.3 is 4.57 Å². The molecule has 0 atom stereocenters. The van der Waals surface area contributed by atoms with Crippen LogP contribution in [0.15, 0.2) is 49.1 Å². The van der Waals surface area contributed by atoms with Crippen molar-refractivity contribution in [2.75, 3.05) is 0 Å². The summed E-state index contributed by atoms with van der Waals surface area (Å²) < 4.78 is 2.15. The van der Waals surface area contributed by atoms with Crippen molar-refractivity contribution in [3.8, 4) is 0 Å². The smallest absolute Gasteiger partial charge is 0.0945 e. The van der Waals surface area contributed by atoms with Crippen LogP contribution in [0.3, 0.4) is 0 Å². The van der Waals surface area contributed by atoms with Crippen molar-refractivity contribution in [3.63, 3.8) is 0 Å². The minimum Gasteiger partial charge on any atom is -0.337 e. The first kappa shape index (κ1) is 12.9. The Balaban J connectivity index is 1.79. The van der Waals surface area contributed by atoms with Gasteiger partial charge in [-0.15, -0.1) is 0 Å². The Morgan fingerprint density at radius 1 is 1.11 bits per heavy atom. The predicted molar refractivity (Wildman–Crippen MR) is 75.5 cm³/mol. The molecule has 0 unspecified atom stereocenters. The number of hydrogen-bond donors (Lipinski definition) is 0. The van der Waals surface area contributed by atoms with Gasteiger partial charge >= 0.3 is 0 Å². The molecule has 0 N–H and O–H groups in total. The lowest BCUT2D eigenvalue weighted by Crippen LogP contribution is -2.17. The maximum absolute atomic E-state index is 4.06.